The maximum Gasteiger partial charge on any atom is 0.270 e. The summed E-state index contributed by atoms with van der Waals surface area (Å²) in [5.74, 6) is 1.09. The lowest BCUT2D eigenvalue weighted by Gasteiger charge is -2.14. The van der Waals surface area contributed by atoms with Gasteiger partial charge in [0.25, 0.3) is 5.91 Å². The Morgan fingerprint density at radius 1 is 1.12 bits per heavy atom. The van der Waals surface area contributed by atoms with Crippen LogP contribution in [0.2, 0.25) is 0 Å². The van der Waals surface area contributed by atoms with Crippen molar-refractivity contribution in [3.8, 4) is 11.4 Å². The van der Waals surface area contributed by atoms with E-state index < -0.39 is 0 Å². The fourth-order valence-electron chi connectivity index (χ4n) is 2.38. The highest BCUT2D eigenvalue weighted by Crippen LogP contribution is 2.18. The summed E-state index contributed by atoms with van der Waals surface area (Å²) in [4.78, 5) is 21.5. The molecule has 0 aliphatic heterocycles. The van der Waals surface area contributed by atoms with Crippen LogP contribution in [0.1, 0.15) is 56.9 Å². The number of hydrogen-bond donors (Lipinski definition) is 2. The van der Waals surface area contributed by atoms with Gasteiger partial charge in [0.2, 0.25) is 0 Å². The van der Waals surface area contributed by atoms with Crippen molar-refractivity contribution in [3.05, 3.63) is 42.1 Å². The second-order valence-electron chi connectivity index (χ2n) is 6.24. The van der Waals surface area contributed by atoms with Gasteiger partial charge in [0, 0.05) is 24.2 Å². The molecule has 1 aromatic heterocycles. The largest absolute Gasteiger partial charge is 0.367 e. The second kappa shape index (κ2) is 9.77. The molecule has 0 bridgehead atoms. The lowest BCUT2D eigenvalue weighted by atomic mass is 10.2. The molecule has 134 valence electrons. The minimum Gasteiger partial charge on any atom is -0.367 e. The van der Waals surface area contributed by atoms with Gasteiger partial charge in [0.15, 0.2) is 5.82 Å². The first-order chi connectivity index (χ1) is 12.1. The molecule has 5 heteroatoms. The van der Waals surface area contributed by atoms with Crippen molar-refractivity contribution in [1.29, 1.82) is 0 Å². The van der Waals surface area contributed by atoms with Gasteiger partial charge in [-0.05, 0) is 19.8 Å². The highest BCUT2D eigenvalue weighted by Gasteiger charge is 2.13. The normalized spacial score (nSPS) is 11.8. The maximum atomic E-state index is 12.5. The first-order valence-electron chi connectivity index (χ1n) is 9.13. The van der Waals surface area contributed by atoms with Crippen molar-refractivity contribution in [2.45, 2.75) is 52.5 Å². The minimum absolute atomic E-state index is 0.150. The molecule has 1 aromatic carbocycles. The second-order valence-corrected chi connectivity index (χ2v) is 6.24. The summed E-state index contributed by atoms with van der Waals surface area (Å²) in [7, 11) is 0. The molecule has 1 heterocycles. The Morgan fingerprint density at radius 3 is 2.56 bits per heavy atom. The van der Waals surface area contributed by atoms with Crippen LogP contribution in [0.25, 0.3) is 11.4 Å². The lowest BCUT2D eigenvalue weighted by molar-refractivity contribution is 0.0948. The van der Waals surface area contributed by atoms with Gasteiger partial charge in [-0.25, -0.2) is 9.97 Å². The molecular weight excluding hydrogens is 312 g/mol. The Balaban J connectivity index is 2.25. The molecule has 2 aromatic rings. The third-order valence-corrected chi connectivity index (χ3v) is 4.06. The van der Waals surface area contributed by atoms with Crippen molar-refractivity contribution in [1.82, 2.24) is 15.3 Å². The summed E-state index contributed by atoms with van der Waals surface area (Å²) in [5, 5.41) is 6.29. The van der Waals surface area contributed by atoms with E-state index in [4.69, 9.17) is 0 Å². The van der Waals surface area contributed by atoms with E-state index in [-0.39, 0.29) is 11.9 Å². The summed E-state index contributed by atoms with van der Waals surface area (Å²) < 4.78 is 0. The zero-order valence-corrected chi connectivity index (χ0v) is 15.4. The smallest absolute Gasteiger partial charge is 0.270 e. The van der Waals surface area contributed by atoms with Gasteiger partial charge in [-0.2, -0.15) is 0 Å². The predicted octanol–water partition coefficient (Wildman–Crippen LogP) is 4.27. The van der Waals surface area contributed by atoms with Crippen LogP contribution in [-0.2, 0) is 0 Å². The fraction of sp³-hybridized carbons (Fsp3) is 0.450. The molecule has 5 nitrogen and oxygen atoms in total. The van der Waals surface area contributed by atoms with Crippen molar-refractivity contribution in [3.63, 3.8) is 0 Å². The first-order valence-corrected chi connectivity index (χ1v) is 9.13. The van der Waals surface area contributed by atoms with Crippen LogP contribution in [0.3, 0.4) is 0 Å². The molecule has 0 saturated carbocycles. The van der Waals surface area contributed by atoms with Gasteiger partial charge < -0.3 is 10.6 Å². The highest BCUT2D eigenvalue weighted by molar-refractivity contribution is 5.93. The number of carbonyl (C=O) groups is 1. The molecule has 1 unspecified atom stereocenters. The highest BCUT2D eigenvalue weighted by atomic mass is 16.1. The van der Waals surface area contributed by atoms with E-state index in [2.05, 4.69) is 41.4 Å². The van der Waals surface area contributed by atoms with E-state index in [1.54, 1.807) is 6.07 Å². The number of nitrogens with zero attached hydrogens (tertiary/aromatic N) is 2. The number of hydrogen-bond acceptors (Lipinski definition) is 4. The fourth-order valence-corrected chi connectivity index (χ4v) is 2.38. The monoisotopic (exact) mass is 340 g/mol. The molecule has 1 atom stereocenters. The Morgan fingerprint density at radius 2 is 1.88 bits per heavy atom. The van der Waals surface area contributed by atoms with Crippen LogP contribution in [0.4, 0.5) is 5.82 Å². The minimum atomic E-state index is -0.150. The van der Waals surface area contributed by atoms with E-state index >= 15 is 0 Å². The number of carbonyl (C=O) groups excluding carboxylic acids is 1. The Hall–Kier alpha value is -2.43. The Bertz CT molecular complexity index is 673. The lowest BCUT2D eigenvalue weighted by Crippen LogP contribution is -2.26. The summed E-state index contributed by atoms with van der Waals surface area (Å²) >= 11 is 0. The van der Waals surface area contributed by atoms with Gasteiger partial charge in [-0.15, -0.1) is 0 Å². The summed E-state index contributed by atoms with van der Waals surface area (Å²) in [5.41, 5.74) is 1.30. The number of unbranched alkanes of at least 4 members (excludes halogenated alkanes) is 2. The van der Waals surface area contributed by atoms with Gasteiger partial charge in [0.1, 0.15) is 11.5 Å². The molecule has 0 radical (unpaired) electrons. The summed E-state index contributed by atoms with van der Waals surface area (Å²) in [6.07, 6.45) is 4.20. The molecule has 0 spiro atoms. The van der Waals surface area contributed by atoms with Crippen molar-refractivity contribution in [2.24, 2.45) is 0 Å². The molecule has 2 N–H and O–H groups in total. The van der Waals surface area contributed by atoms with Crippen LogP contribution < -0.4 is 10.6 Å². The van der Waals surface area contributed by atoms with Crippen LogP contribution in [-0.4, -0.2) is 28.5 Å². The zero-order valence-electron chi connectivity index (χ0n) is 15.4. The number of amides is 1. The molecule has 25 heavy (non-hydrogen) atoms. The maximum absolute atomic E-state index is 12.5. The number of rotatable bonds is 9. The van der Waals surface area contributed by atoms with E-state index in [1.165, 1.54) is 0 Å². The van der Waals surface area contributed by atoms with Crippen LogP contribution >= 0.6 is 0 Å². The SMILES string of the molecule is CCCCCNC(=O)c1cc(NC(C)CC)nc(-c2ccccc2)n1. The summed E-state index contributed by atoms with van der Waals surface area (Å²) in [6, 6.07) is 11.7. The number of anilines is 1. The van der Waals surface area contributed by atoms with Crippen molar-refractivity contribution < 1.29 is 4.79 Å². The first kappa shape index (κ1) is 18.9. The topological polar surface area (TPSA) is 66.9 Å². The predicted molar refractivity (Wildman–Crippen MR) is 103 cm³/mol. The van der Waals surface area contributed by atoms with Crippen LogP contribution in [0, 0.1) is 0 Å². The van der Waals surface area contributed by atoms with E-state index in [9.17, 15) is 4.79 Å². The molecule has 0 aliphatic rings. The molecule has 0 fully saturated rings. The quantitative estimate of drug-likeness (QED) is 0.669. The average Bonchev–Trinajstić information content (AvgIpc) is 2.65. The Labute approximate surface area is 150 Å². The standard InChI is InChI=1S/C20H28N4O/c1-4-6-10-13-21-20(25)17-14-18(22-15(3)5-2)24-19(23-17)16-11-8-7-9-12-16/h7-9,11-12,14-15H,4-6,10,13H2,1-3H3,(H,21,25)(H,22,23,24). The van der Waals surface area contributed by atoms with E-state index in [1.807, 2.05) is 30.3 Å². The molecule has 1 amide bonds. The molecule has 2 rings (SSSR count). The molecule has 0 aliphatic carbocycles. The molecular formula is C20H28N4O. The third-order valence-electron chi connectivity index (χ3n) is 4.06. The third kappa shape index (κ3) is 5.85. The molecule has 0 saturated heterocycles. The zero-order chi connectivity index (χ0) is 18.1. The average molecular weight is 340 g/mol. The van der Waals surface area contributed by atoms with Gasteiger partial charge >= 0.3 is 0 Å². The Kier molecular flexibility index (Phi) is 7.38. The van der Waals surface area contributed by atoms with E-state index in [0.29, 0.717) is 23.9 Å². The summed E-state index contributed by atoms with van der Waals surface area (Å²) in [6.45, 7) is 7.02. The van der Waals surface area contributed by atoms with E-state index in [0.717, 1.165) is 31.2 Å². The van der Waals surface area contributed by atoms with Crippen molar-refractivity contribution >= 4 is 11.7 Å². The number of nitrogens with one attached hydrogen (secondary N) is 2. The number of aromatic nitrogens is 2. The van der Waals surface area contributed by atoms with Crippen LogP contribution in [0.5, 0.6) is 0 Å². The van der Waals surface area contributed by atoms with Crippen molar-refractivity contribution in [2.75, 3.05) is 11.9 Å². The van der Waals surface area contributed by atoms with Crippen LogP contribution in [0.15, 0.2) is 36.4 Å². The van der Waals surface area contributed by atoms with Gasteiger partial charge in [0.05, 0.1) is 0 Å². The number of benzene rings is 1. The van der Waals surface area contributed by atoms with Gasteiger partial charge in [-0.1, -0.05) is 57.0 Å². The van der Waals surface area contributed by atoms with Gasteiger partial charge in [-0.3, -0.25) is 4.79 Å².